The Labute approximate surface area is 158 Å². The lowest BCUT2D eigenvalue weighted by Crippen LogP contribution is -2.28. The van der Waals surface area contributed by atoms with Gasteiger partial charge in [-0.25, -0.2) is 4.39 Å². The smallest absolute Gasteiger partial charge is 0.387 e. The van der Waals surface area contributed by atoms with Crippen LogP contribution < -0.4 is 19.7 Å². The van der Waals surface area contributed by atoms with Crippen molar-refractivity contribution in [3.63, 3.8) is 0 Å². The molecule has 1 atom stereocenters. The summed E-state index contributed by atoms with van der Waals surface area (Å²) in [5.41, 5.74) is 0.318. The van der Waals surface area contributed by atoms with Crippen LogP contribution in [-0.2, 0) is 9.59 Å². The summed E-state index contributed by atoms with van der Waals surface area (Å²) in [6, 6.07) is 9.84. The van der Waals surface area contributed by atoms with Crippen LogP contribution in [0.3, 0.4) is 0 Å². The second-order valence-electron chi connectivity index (χ2n) is 6.09. The van der Waals surface area contributed by atoms with Gasteiger partial charge in [0.2, 0.25) is 11.8 Å². The monoisotopic (exact) mass is 394 g/mol. The standard InChI is InChI=1S/C19H17F3N2O4/c1-27-15-7-6-12(9-16(15)28-19(21)22)23-18(26)11-8-17(25)24(10-11)14-5-3-2-4-13(14)20/h2-7,9,11,19H,8,10H2,1H3,(H,23,26). The van der Waals surface area contributed by atoms with E-state index < -0.39 is 24.3 Å². The Hall–Kier alpha value is -3.23. The SMILES string of the molecule is COc1ccc(NC(=O)C2CC(=O)N(c3ccccc3F)C2)cc1OC(F)F. The van der Waals surface area contributed by atoms with E-state index in [0.29, 0.717) is 0 Å². The van der Waals surface area contributed by atoms with Crippen LogP contribution in [0.25, 0.3) is 0 Å². The van der Waals surface area contributed by atoms with Gasteiger partial charge < -0.3 is 19.7 Å². The van der Waals surface area contributed by atoms with Crippen LogP contribution in [0, 0.1) is 11.7 Å². The molecule has 28 heavy (non-hydrogen) atoms. The highest BCUT2D eigenvalue weighted by molar-refractivity contribution is 6.03. The number of nitrogens with zero attached hydrogens (tertiary/aromatic N) is 1. The second kappa shape index (κ2) is 8.20. The van der Waals surface area contributed by atoms with Gasteiger partial charge in [-0.1, -0.05) is 12.1 Å². The summed E-state index contributed by atoms with van der Waals surface area (Å²) in [5.74, 6) is -2.28. The van der Waals surface area contributed by atoms with E-state index in [-0.39, 0.29) is 41.7 Å². The number of benzene rings is 2. The summed E-state index contributed by atoms with van der Waals surface area (Å²) >= 11 is 0. The van der Waals surface area contributed by atoms with Crippen molar-refractivity contribution in [3.8, 4) is 11.5 Å². The lowest BCUT2D eigenvalue weighted by atomic mass is 10.1. The lowest BCUT2D eigenvalue weighted by Gasteiger charge is -2.17. The van der Waals surface area contributed by atoms with Crippen molar-refractivity contribution in [1.82, 2.24) is 0 Å². The Kier molecular flexibility index (Phi) is 5.72. The van der Waals surface area contributed by atoms with Gasteiger partial charge in [0.25, 0.3) is 0 Å². The molecule has 0 radical (unpaired) electrons. The van der Waals surface area contributed by atoms with E-state index in [4.69, 9.17) is 4.74 Å². The van der Waals surface area contributed by atoms with Crippen molar-refractivity contribution >= 4 is 23.2 Å². The molecule has 1 heterocycles. The van der Waals surface area contributed by atoms with Crippen LogP contribution in [0.5, 0.6) is 11.5 Å². The van der Waals surface area contributed by atoms with Crippen LogP contribution in [-0.4, -0.2) is 32.1 Å². The first-order valence-corrected chi connectivity index (χ1v) is 8.37. The van der Waals surface area contributed by atoms with E-state index in [1.807, 2.05) is 0 Å². The van der Waals surface area contributed by atoms with Crippen LogP contribution in [0.2, 0.25) is 0 Å². The first-order chi connectivity index (χ1) is 13.4. The Morgan fingerprint density at radius 2 is 1.96 bits per heavy atom. The van der Waals surface area contributed by atoms with Gasteiger partial charge in [0.15, 0.2) is 11.5 Å². The number of anilines is 2. The number of nitrogens with one attached hydrogen (secondary N) is 1. The zero-order valence-corrected chi connectivity index (χ0v) is 14.8. The first-order valence-electron chi connectivity index (χ1n) is 8.37. The van der Waals surface area contributed by atoms with E-state index in [1.54, 1.807) is 6.07 Å². The van der Waals surface area contributed by atoms with Gasteiger partial charge >= 0.3 is 6.61 Å². The van der Waals surface area contributed by atoms with Gasteiger partial charge in [-0.2, -0.15) is 8.78 Å². The predicted molar refractivity (Wildman–Crippen MR) is 95.1 cm³/mol. The van der Waals surface area contributed by atoms with Gasteiger partial charge in [0.05, 0.1) is 18.7 Å². The molecule has 0 aromatic heterocycles. The molecule has 3 rings (SSSR count). The number of hydrogen-bond donors (Lipinski definition) is 1. The number of carbonyl (C=O) groups is 2. The molecule has 1 fully saturated rings. The number of para-hydroxylation sites is 1. The maximum absolute atomic E-state index is 13.9. The van der Waals surface area contributed by atoms with Gasteiger partial charge in [0.1, 0.15) is 5.82 Å². The highest BCUT2D eigenvalue weighted by Gasteiger charge is 2.36. The molecule has 2 aromatic carbocycles. The molecule has 1 aliphatic rings. The van der Waals surface area contributed by atoms with Gasteiger partial charge in [-0.05, 0) is 24.3 Å². The Bertz CT molecular complexity index is 891. The number of alkyl halides is 2. The van der Waals surface area contributed by atoms with Crippen LogP contribution >= 0.6 is 0 Å². The summed E-state index contributed by atoms with van der Waals surface area (Å²) in [5, 5.41) is 2.56. The van der Waals surface area contributed by atoms with E-state index in [1.165, 1.54) is 48.4 Å². The Balaban J connectivity index is 1.72. The topological polar surface area (TPSA) is 67.9 Å². The summed E-state index contributed by atoms with van der Waals surface area (Å²) in [4.78, 5) is 25.9. The largest absolute Gasteiger partial charge is 0.493 e. The normalized spacial score (nSPS) is 16.4. The molecule has 6 nitrogen and oxygen atoms in total. The minimum Gasteiger partial charge on any atom is -0.493 e. The average molecular weight is 394 g/mol. The number of methoxy groups -OCH3 is 1. The van der Waals surface area contributed by atoms with Crippen molar-refractivity contribution in [2.24, 2.45) is 5.92 Å². The molecule has 2 amide bonds. The molecular weight excluding hydrogens is 377 g/mol. The Morgan fingerprint density at radius 1 is 1.21 bits per heavy atom. The molecule has 0 spiro atoms. The maximum atomic E-state index is 13.9. The van der Waals surface area contributed by atoms with Gasteiger partial charge in [-0.3, -0.25) is 9.59 Å². The quantitative estimate of drug-likeness (QED) is 0.815. The number of rotatable bonds is 6. The zero-order valence-electron chi connectivity index (χ0n) is 14.8. The van der Waals surface area contributed by atoms with Crippen molar-refractivity contribution in [3.05, 3.63) is 48.3 Å². The van der Waals surface area contributed by atoms with E-state index in [9.17, 15) is 22.8 Å². The minimum atomic E-state index is -3.05. The van der Waals surface area contributed by atoms with Crippen LogP contribution in [0.15, 0.2) is 42.5 Å². The Morgan fingerprint density at radius 3 is 2.64 bits per heavy atom. The van der Waals surface area contributed by atoms with Crippen LogP contribution in [0.4, 0.5) is 24.5 Å². The molecule has 148 valence electrons. The number of halogens is 3. The molecular formula is C19H17F3N2O4. The number of hydrogen-bond acceptors (Lipinski definition) is 4. The third-order valence-electron chi connectivity index (χ3n) is 4.29. The maximum Gasteiger partial charge on any atom is 0.387 e. The summed E-state index contributed by atoms with van der Waals surface area (Å²) in [6.45, 7) is -3.04. The third-order valence-corrected chi connectivity index (χ3v) is 4.29. The molecule has 1 unspecified atom stereocenters. The molecule has 0 bridgehead atoms. The van der Waals surface area contributed by atoms with Crippen molar-refractivity contribution in [2.75, 3.05) is 23.9 Å². The first kappa shape index (κ1) is 19.5. The number of carbonyl (C=O) groups excluding carboxylic acids is 2. The molecule has 1 N–H and O–H groups in total. The molecule has 2 aromatic rings. The summed E-state index contributed by atoms with van der Waals surface area (Å²) in [7, 11) is 1.30. The van der Waals surface area contributed by atoms with Crippen molar-refractivity contribution in [1.29, 1.82) is 0 Å². The molecule has 1 aliphatic heterocycles. The fourth-order valence-electron chi connectivity index (χ4n) is 2.97. The average Bonchev–Trinajstić information content (AvgIpc) is 3.03. The summed E-state index contributed by atoms with van der Waals surface area (Å²) < 4.78 is 48.3. The third kappa shape index (κ3) is 4.19. The fourth-order valence-corrected chi connectivity index (χ4v) is 2.97. The fraction of sp³-hybridized carbons (Fsp3) is 0.263. The number of amides is 2. The number of ether oxygens (including phenoxy) is 2. The summed E-state index contributed by atoms with van der Waals surface area (Å²) in [6.07, 6.45) is -0.0866. The van der Waals surface area contributed by atoms with E-state index >= 15 is 0 Å². The van der Waals surface area contributed by atoms with E-state index in [2.05, 4.69) is 10.1 Å². The van der Waals surface area contributed by atoms with Crippen LogP contribution in [0.1, 0.15) is 6.42 Å². The zero-order chi connectivity index (χ0) is 20.3. The molecule has 9 heteroatoms. The van der Waals surface area contributed by atoms with E-state index in [0.717, 1.165) is 0 Å². The highest BCUT2D eigenvalue weighted by Crippen LogP contribution is 2.32. The second-order valence-corrected chi connectivity index (χ2v) is 6.09. The van der Waals surface area contributed by atoms with Crippen molar-refractivity contribution < 1.29 is 32.2 Å². The van der Waals surface area contributed by atoms with Gasteiger partial charge in [0, 0.05) is 24.7 Å². The minimum absolute atomic E-state index is 0.0160. The van der Waals surface area contributed by atoms with Gasteiger partial charge in [-0.15, -0.1) is 0 Å². The highest BCUT2D eigenvalue weighted by atomic mass is 19.3. The molecule has 0 aliphatic carbocycles. The molecule has 0 saturated carbocycles. The predicted octanol–water partition coefficient (Wildman–Crippen LogP) is 3.43. The van der Waals surface area contributed by atoms with Crippen molar-refractivity contribution in [2.45, 2.75) is 13.0 Å². The lowest BCUT2D eigenvalue weighted by molar-refractivity contribution is -0.122. The molecule has 1 saturated heterocycles.